The van der Waals surface area contributed by atoms with Crippen LogP contribution in [0.5, 0.6) is 0 Å². The minimum atomic E-state index is -0.209. The number of amides is 1. The first-order chi connectivity index (χ1) is 13.1. The first-order valence-corrected chi connectivity index (χ1v) is 8.39. The SMILES string of the molecule is N=C(/C=C/c1cccnc1)C1=CCC(NC(=O)c2ccncc2)=CC=C1N. The summed E-state index contributed by atoms with van der Waals surface area (Å²) in [6.45, 7) is 0. The molecule has 0 spiro atoms. The van der Waals surface area contributed by atoms with E-state index in [0.717, 1.165) is 5.56 Å². The van der Waals surface area contributed by atoms with Gasteiger partial charge in [0, 0.05) is 53.7 Å². The van der Waals surface area contributed by atoms with E-state index in [2.05, 4.69) is 15.3 Å². The van der Waals surface area contributed by atoms with E-state index in [9.17, 15) is 4.79 Å². The van der Waals surface area contributed by atoms with E-state index in [1.165, 1.54) is 0 Å². The zero-order valence-electron chi connectivity index (χ0n) is 14.6. The van der Waals surface area contributed by atoms with Crippen LogP contribution in [0.2, 0.25) is 0 Å². The summed E-state index contributed by atoms with van der Waals surface area (Å²) in [5, 5.41) is 11.2. The van der Waals surface area contributed by atoms with Gasteiger partial charge in [0.05, 0.1) is 5.71 Å². The average molecular weight is 357 g/mol. The van der Waals surface area contributed by atoms with Crippen molar-refractivity contribution in [2.24, 2.45) is 5.73 Å². The first-order valence-electron chi connectivity index (χ1n) is 8.39. The predicted octanol–water partition coefficient (Wildman–Crippen LogP) is 3.00. The number of hydrogen-bond acceptors (Lipinski definition) is 5. The Bertz CT molecular complexity index is 957. The van der Waals surface area contributed by atoms with E-state index in [0.29, 0.717) is 34.7 Å². The summed E-state index contributed by atoms with van der Waals surface area (Å²) in [4.78, 5) is 20.2. The van der Waals surface area contributed by atoms with E-state index >= 15 is 0 Å². The topological polar surface area (TPSA) is 105 Å². The number of aromatic nitrogens is 2. The number of nitrogens with zero attached hydrogens (tertiary/aromatic N) is 2. The van der Waals surface area contributed by atoms with Crippen molar-refractivity contribution in [2.75, 3.05) is 0 Å². The molecule has 3 rings (SSSR count). The third-order valence-corrected chi connectivity index (χ3v) is 3.93. The van der Waals surface area contributed by atoms with Gasteiger partial charge >= 0.3 is 0 Å². The Morgan fingerprint density at radius 1 is 1.15 bits per heavy atom. The maximum Gasteiger partial charge on any atom is 0.255 e. The Labute approximate surface area is 157 Å². The largest absolute Gasteiger partial charge is 0.398 e. The highest BCUT2D eigenvalue weighted by Crippen LogP contribution is 2.16. The Kier molecular flexibility index (Phi) is 5.69. The zero-order chi connectivity index (χ0) is 19.1. The number of nitrogens with one attached hydrogen (secondary N) is 2. The molecule has 0 atom stereocenters. The lowest BCUT2D eigenvalue weighted by molar-refractivity contribution is 0.0965. The molecule has 1 amide bonds. The summed E-state index contributed by atoms with van der Waals surface area (Å²) in [7, 11) is 0. The highest BCUT2D eigenvalue weighted by atomic mass is 16.1. The fraction of sp³-hybridized carbons (Fsp3) is 0.0476. The van der Waals surface area contributed by atoms with Gasteiger partial charge in [-0.2, -0.15) is 0 Å². The molecular formula is C21H19N5O. The third kappa shape index (κ3) is 4.85. The van der Waals surface area contributed by atoms with Gasteiger partial charge in [-0.25, -0.2) is 0 Å². The normalized spacial score (nSPS) is 14.0. The van der Waals surface area contributed by atoms with Crippen LogP contribution in [0, 0.1) is 5.41 Å². The van der Waals surface area contributed by atoms with Crippen molar-refractivity contribution in [1.29, 1.82) is 5.41 Å². The van der Waals surface area contributed by atoms with Crippen LogP contribution in [0.1, 0.15) is 22.3 Å². The second-order valence-corrected chi connectivity index (χ2v) is 5.86. The van der Waals surface area contributed by atoms with Gasteiger partial charge in [0.1, 0.15) is 0 Å². The quantitative estimate of drug-likeness (QED) is 0.715. The number of carbonyl (C=O) groups excluding carboxylic acids is 1. The van der Waals surface area contributed by atoms with Crippen LogP contribution in [0.15, 0.2) is 90.3 Å². The first kappa shape index (κ1) is 18.0. The van der Waals surface area contributed by atoms with Crippen LogP contribution >= 0.6 is 0 Å². The van der Waals surface area contributed by atoms with E-state index in [4.69, 9.17) is 11.1 Å². The molecule has 0 saturated carbocycles. The highest BCUT2D eigenvalue weighted by molar-refractivity contribution is 6.11. The smallest absolute Gasteiger partial charge is 0.255 e. The van der Waals surface area contributed by atoms with Crippen LogP contribution in [0.3, 0.4) is 0 Å². The number of nitrogens with two attached hydrogens (primary N) is 1. The lowest BCUT2D eigenvalue weighted by Gasteiger charge is -2.07. The molecule has 4 N–H and O–H groups in total. The number of pyridine rings is 2. The Hall–Kier alpha value is -3.80. The summed E-state index contributed by atoms with van der Waals surface area (Å²) in [5.41, 5.74) is 9.63. The number of hydrogen-bond donors (Lipinski definition) is 3. The van der Waals surface area contributed by atoms with Crippen LogP contribution in [0.25, 0.3) is 6.08 Å². The second kappa shape index (κ2) is 8.53. The molecule has 134 valence electrons. The van der Waals surface area contributed by atoms with Gasteiger partial charge in [0.2, 0.25) is 0 Å². The molecule has 27 heavy (non-hydrogen) atoms. The lowest BCUT2D eigenvalue weighted by Crippen LogP contribution is -2.22. The van der Waals surface area contributed by atoms with Crippen molar-refractivity contribution in [3.8, 4) is 0 Å². The Balaban J connectivity index is 1.69. The monoisotopic (exact) mass is 357 g/mol. The molecule has 1 aliphatic rings. The van der Waals surface area contributed by atoms with Gasteiger partial charge in [0.25, 0.3) is 5.91 Å². The molecule has 2 aromatic rings. The Morgan fingerprint density at radius 3 is 2.70 bits per heavy atom. The fourth-order valence-corrected chi connectivity index (χ4v) is 2.50. The van der Waals surface area contributed by atoms with Crippen LogP contribution in [-0.2, 0) is 0 Å². The van der Waals surface area contributed by atoms with Crippen molar-refractivity contribution in [3.63, 3.8) is 0 Å². The molecule has 0 radical (unpaired) electrons. The molecule has 0 aromatic carbocycles. The Morgan fingerprint density at radius 2 is 1.96 bits per heavy atom. The summed E-state index contributed by atoms with van der Waals surface area (Å²) < 4.78 is 0. The summed E-state index contributed by atoms with van der Waals surface area (Å²) in [6.07, 6.45) is 15.8. The van der Waals surface area contributed by atoms with Gasteiger partial charge in [-0.15, -0.1) is 0 Å². The van der Waals surface area contributed by atoms with E-state index in [1.807, 2.05) is 24.3 Å². The fourth-order valence-electron chi connectivity index (χ4n) is 2.50. The minimum absolute atomic E-state index is 0.209. The molecular weight excluding hydrogens is 338 g/mol. The van der Waals surface area contributed by atoms with Crippen LogP contribution < -0.4 is 11.1 Å². The number of allylic oxidation sites excluding steroid dienone is 5. The van der Waals surface area contributed by atoms with E-state index < -0.39 is 0 Å². The molecule has 6 nitrogen and oxygen atoms in total. The highest BCUT2D eigenvalue weighted by Gasteiger charge is 2.12. The molecule has 2 aromatic heterocycles. The minimum Gasteiger partial charge on any atom is -0.398 e. The van der Waals surface area contributed by atoms with Crippen molar-refractivity contribution in [2.45, 2.75) is 6.42 Å². The van der Waals surface area contributed by atoms with Crippen LogP contribution in [-0.4, -0.2) is 21.6 Å². The molecule has 6 heteroatoms. The van der Waals surface area contributed by atoms with Crippen molar-refractivity contribution in [3.05, 3.63) is 101 Å². The van der Waals surface area contributed by atoms with E-state index in [1.54, 1.807) is 55.1 Å². The van der Waals surface area contributed by atoms with Crippen molar-refractivity contribution >= 4 is 17.7 Å². The summed E-state index contributed by atoms with van der Waals surface area (Å²) in [6, 6.07) is 7.05. The summed E-state index contributed by atoms with van der Waals surface area (Å²) >= 11 is 0. The molecule has 2 heterocycles. The molecule has 1 aliphatic carbocycles. The van der Waals surface area contributed by atoms with Gasteiger partial charge < -0.3 is 16.5 Å². The van der Waals surface area contributed by atoms with Gasteiger partial charge in [-0.1, -0.05) is 18.2 Å². The molecule has 0 aliphatic heterocycles. The standard InChI is InChI=1S/C21H19N5O/c22-19(7-3-15-2-1-11-25-14-15)18-6-4-17(5-8-20(18)23)26-21(27)16-9-12-24-13-10-16/h1-3,5-14,22H,4,23H2,(H,26,27)/b7-3+,22-19?. The van der Waals surface area contributed by atoms with Gasteiger partial charge in [-0.05, 0) is 42.0 Å². The lowest BCUT2D eigenvalue weighted by atomic mass is 10.1. The zero-order valence-corrected chi connectivity index (χ0v) is 14.6. The molecule has 0 fully saturated rings. The predicted molar refractivity (Wildman–Crippen MR) is 106 cm³/mol. The second-order valence-electron chi connectivity index (χ2n) is 5.86. The number of rotatable bonds is 5. The van der Waals surface area contributed by atoms with Crippen molar-refractivity contribution in [1.82, 2.24) is 15.3 Å². The molecule has 0 saturated heterocycles. The third-order valence-electron chi connectivity index (χ3n) is 3.93. The van der Waals surface area contributed by atoms with Crippen molar-refractivity contribution < 1.29 is 4.79 Å². The number of carbonyl (C=O) groups is 1. The van der Waals surface area contributed by atoms with Gasteiger partial charge in [-0.3, -0.25) is 14.8 Å². The van der Waals surface area contributed by atoms with Crippen LogP contribution in [0.4, 0.5) is 0 Å². The van der Waals surface area contributed by atoms with E-state index in [-0.39, 0.29) is 5.91 Å². The average Bonchev–Trinajstić information content (AvgIpc) is 2.89. The summed E-state index contributed by atoms with van der Waals surface area (Å²) in [5.74, 6) is -0.209. The maximum absolute atomic E-state index is 12.3. The maximum atomic E-state index is 12.3. The van der Waals surface area contributed by atoms with Gasteiger partial charge in [0.15, 0.2) is 0 Å². The molecule has 0 bridgehead atoms. The molecule has 0 unspecified atom stereocenters.